The number of rotatable bonds is 4. The Morgan fingerprint density at radius 1 is 0.852 bits per heavy atom. The predicted octanol–water partition coefficient (Wildman–Crippen LogP) is 4.44. The van der Waals surface area contributed by atoms with Crippen molar-refractivity contribution >= 4 is 12.3 Å². The molecule has 0 spiro atoms. The van der Waals surface area contributed by atoms with Crippen molar-refractivity contribution < 1.29 is 14.7 Å². The molecule has 27 heavy (non-hydrogen) atoms. The van der Waals surface area contributed by atoms with Gasteiger partial charge in [0.05, 0.1) is 0 Å². The van der Waals surface area contributed by atoms with E-state index in [1.807, 2.05) is 60.7 Å². The molecule has 0 fully saturated rings. The van der Waals surface area contributed by atoms with Crippen LogP contribution in [-0.4, -0.2) is 23.9 Å². The summed E-state index contributed by atoms with van der Waals surface area (Å²) in [5.74, 6) is -0.833. The van der Waals surface area contributed by atoms with Crippen LogP contribution in [0.15, 0.2) is 84.9 Å². The van der Waals surface area contributed by atoms with E-state index in [9.17, 15) is 4.79 Å². The predicted molar refractivity (Wildman–Crippen MR) is 110 cm³/mol. The van der Waals surface area contributed by atoms with E-state index < -0.39 is 5.97 Å². The quantitative estimate of drug-likeness (QED) is 0.671. The summed E-state index contributed by atoms with van der Waals surface area (Å²) in [7, 11) is 0. The molecular weight excluding hydrogens is 338 g/mol. The molecule has 4 heteroatoms. The molecule has 0 atom stereocenters. The molecule has 0 saturated heterocycles. The zero-order valence-corrected chi connectivity index (χ0v) is 15.4. The first kappa shape index (κ1) is 21.8. The van der Waals surface area contributed by atoms with Gasteiger partial charge in [0.15, 0.2) is 0 Å². The maximum absolute atomic E-state index is 10.5. The summed E-state index contributed by atoms with van der Waals surface area (Å²) < 4.78 is 0. The molecule has 0 bridgehead atoms. The number of hydrogen-bond donors (Lipinski definition) is 2. The number of carbonyl (C=O) groups is 2. The highest BCUT2D eigenvalue weighted by molar-refractivity contribution is 5.76. The number of aliphatic carboxylic acids is 1. The first-order valence-corrected chi connectivity index (χ1v) is 8.61. The second-order valence-electron chi connectivity index (χ2n) is 5.65. The average Bonchev–Trinajstić information content (AvgIpc) is 2.70. The van der Waals surface area contributed by atoms with E-state index in [-0.39, 0.29) is 0 Å². The zero-order valence-electron chi connectivity index (χ0n) is 15.4. The highest BCUT2D eigenvalue weighted by Gasteiger charge is 1.95. The number of benzene rings is 3. The number of carboxylic acid groups (broad SMARTS) is 1. The Morgan fingerprint density at radius 2 is 1.30 bits per heavy atom. The van der Waals surface area contributed by atoms with Gasteiger partial charge in [-0.25, -0.2) is 0 Å². The monoisotopic (exact) mass is 363 g/mol. The number of hydrogen-bond acceptors (Lipinski definition) is 3. The molecule has 0 aliphatic carbocycles. The number of nitrogens with two attached hydrogens (primary N) is 1. The van der Waals surface area contributed by atoms with Gasteiger partial charge in [-0.3, -0.25) is 9.59 Å². The van der Waals surface area contributed by atoms with Gasteiger partial charge in [0, 0.05) is 12.5 Å². The van der Waals surface area contributed by atoms with Crippen molar-refractivity contribution in [2.45, 2.75) is 13.3 Å². The van der Waals surface area contributed by atoms with Gasteiger partial charge in [0.25, 0.3) is 5.97 Å². The lowest BCUT2D eigenvalue weighted by molar-refractivity contribution is -0.134. The summed E-state index contributed by atoms with van der Waals surface area (Å²) >= 11 is 0. The standard InChI is InChI=1S/C13H10O.C8H11N.C2H4O2/c14-10-11-6-8-13(9-7-11)12-4-2-1-3-5-12;9-7-6-8-4-2-1-3-5-8;1-2(3)4/h1-10H;1-5H,6-7,9H2;1H3,(H,3,4). The van der Waals surface area contributed by atoms with E-state index in [1.54, 1.807) is 0 Å². The molecule has 0 aromatic heterocycles. The van der Waals surface area contributed by atoms with Gasteiger partial charge >= 0.3 is 0 Å². The third-order valence-electron chi connectivity index (χ3n) is 3.43. The van der Waals surface area contributed by atoms with Crippen LogP contribution in [0.4, 0.5) is 0 Å². The lowest BCUT2D eigenvalue weighted by Gasteiger charge is -2.00. The van der Waals surface area contributed by atoms with Gasteiger partial charge < -0.3 is 10.8 Å². The van der Waals surface area contributed by atoms with E-state index >= 15 is 0 Å². The van der Waals surface area contributed by atoms with Crippen LogP contribution in [0.3, 0.4) is 0 Å². The molecule has 0 radical (unpaired) electrons. The van der Waals surface area contributed by atoms with Gasteiger partial charge in [-0.2, -0.15) is 0 Å². The second kappa shape index (κ2) is 13.0. The highest BCUT2D eigenvalue weighted by atomic mass is 16.4. The maximum atomic E-state index is 10.5. The molecule has 0 amide bonds. The lowest BCUT2D eigenvalue weighted by Crippen LogP contribution is -2.01. The van der Waals surface area contributed by atoms with Gasteiger partial charge in [0.2, 0.25) is 0 Å². The van der Waals surface area contributed by atoms with Gasteiger partial charge in [-0.05, 0) is 29.7 Å². The van der Waals surface area contributed by atoms with Crippen LogP contribution in [0.25, 0.3) is 11.1 Å². The van der Waals surface area contributed by atoms with Crippen molar-refractivity contribution in [3.05, 3.63) is 96.1 Å². The summed E-state index contributed by atoms with van der Waals surface area (Å²) in [6.07, 6.45) is 1.84. The Labute approximate surface area is 160 Å². The zero-order chi connectivity index (χ0) is 19.9. The minimum atomic E-state index is -0.833. The van der Waals surface area contributed by atoms with E-state index in [4.69, 9.17) is 15.6 Å². The average molecular weight is 363 g/mol. The summed E-state index contributed by atoms with van der Waals surface area (Å²) in [6.45, 7) is 1.82. The minimum absolute atomic E-state index is 0.713. The fraction of sp³-hybridized carbons (Fsp3) is 0.130. The number of carbonyl (C=O) groups excluding carboxylic acids is 1. The SMILES string of the molecule is CC(=O)O.NCCc1ccccc1.O=Cc1ccc(-c2ccccc2)cc1. The van der Waals surface area contributed by atoms with Crippen molar-refractivity contribution in [1.29, 1.82) is 0 Å². The van der Waals surface area contributed by atoms with E-state index in [2.05, 4.69) is 24.3 Å². The fourth-order valence-corrected chi connectivity index (χ4v) is 2.20. The molecule has 3 rings (SSSR count). The fourth-order valence-electron chi connectivity index (χ4n) is 2.20. The molecule has 0 heterocycles. The number of aldehydes is 1. The van der Waals surface area contributed by atoms with Crippen LogP contribution < -0.4 is 5.73 Å². The van der Waals surface area contributed by atoms with Crippen LogP contribution in [0.2, 0.25) is 0 Å². The van der Waals surface area contributed by atoms with Crippen molar-refractivity contribution in [3.8, 4) is 11.1 Å². The largest absolute Gasteiger partial charge is 0.481 e. The van der Waals surface area contributed by atoms with Gasteiger partial charge in [0.1, 0.15) is 6.29 Å². The third-order valence-corrected chi connectivity index (χ3v) is 3.43. The first-order chi connectivity index (χ1) is 13.1. The molecule has 0 unspecified atom stereocenters. The Kier molecular flexibility index (Phi) is 10.5. The van der Waals surface area contributed by atoms with Crippen LogP contribution >= 0.6 is 0 Å². The summed E-state index contributed by atoms with van der Waals surface area (Å²) in [4.78, 5) is 19.5. The molecule has 0 saturated carbocycles. The first-order valence-electron chi connectivity index (χ1n) is 8.61. The van der Waals surface area contributed by atoms with E-state index in [0.29, 0.717) is 5.56 Å². The molecule has 3 aromatic carbocycles. The molecule has 0 aliphatic heterocycles. The minimum Gasteiger partial charge on any atom is -0.481 e. The van der Waals surface area contributed by atoms with E-state index in [1.165, 1.54) is 11.1 Å². The molecule has 3 aromatic rings. The lowest BCUT2D eigenvalue weighted by atomic mass is 10.0. The van der Waals surface area contributed by atoms with Crippen molar-refractivity contribution in [2.24, 2.45) is 5.73 Å². The summed E-state index contributed by atoms with van der Waals surface area (Å²) in [6, 6.07) is 27.9. The van der Waals surface area contributed by atoms with E-state index in [0.717, 1.165) is 31.7 Å². The molecule has 0 aliphatic rings. The van der Waals surface area contributed by atoms with Crippen LogP contribution in [0.1, 0.15) is 22.8 Å². The van der Waals surface area contributed by atoms with Crippen LogP contribution in [0, 0.1) is 0 Å². The van der Waals surface area contributed by atoms with Gasteiger partial charge in [-0.1, -0.05) is 84.9 Å². The Balaban J connectivity index is 0.000000241. The Hall–Kier alpha value is -3.24. The third kappa shape index (κ3) is 9.72. The number of carboxylic acids is 1. The summed E-state index contributed by atoms with van der Waals surface area (Å²) in [5.41, 5.74) is 9.70. The molecular formula is C23H25NO3. The Morgan fingerprint density at radius 3 is 1.74 bits per heavy atom. The van der Waals surface area contributed by atoms with Crippen LogP contribution in [-0.2, 0) is 11.2 Å². The molecule has 3 N–H and O–H groups in total. The van der Waals surface area contributed by atoms with Crippen molar-refractivity contribution in [2.75, 3.05) is 6.54 Å². The highest BCUT2D eigenvalue weighted by Crippen LogP contribution is 2.18. The van der Waals surface area contributed by atoms with Crippen LogP contribution in [0.5, 0.6) is 0 Å². The normalized spacial score (nSPS) is 9.11. The Bertz CT molecular complexity index is 781. The van der Waals surface area contributed by atoms with Crippen molar-refractivity contribution in [1.82, 2.24) is 0 Å². The molecule has 4 nitrogen and oxygen atoms in total. The van der Waals surface area contributed by atoms with Gasteiger partial charge in [-0.15, -0.1) is 0 Å². The second-order valence-corrected chi connectivity index (χ2v) is 5.65. The smallest absolute Gasteiger partial charge is 0.300 e. The maximum Gasteiger partial charge on any atom is 0.300 e. The topological polar surface area (TPSA) is 80.4 Å². The van der Waals surface area contributed by atoms with Crippen molar-refractivity contribution in [3.63, 3.8) is 0 Å². The summed E-state index contributed by atoms with van der Waals surface area (Å²) in [5, 5.41) is 7.42. The molecule has 140 valence electrons.